The van der Waals surface area contributed by atoms with Crippen LogP contribution in [0.2, 0.25) is 0 Å². The molecule has 0 amide bonds. The highest BCUT2D eigenvalue weighted by Gasteiger charge is 2.49. The molecule has 3 atom stereocenters. The molecule has 0 spiro atoms. The van der Waals surface area contributed by atoms with Crippen molar-refractivity contribution in [1.29, 1.82) is 0 Å². The summed E-state index contributed by atoms with van der Waals surface area (Å²) in [6, 6.07) is 14.0. The van der Waals surface area contributed by atoms with Crippen molar-refractivity contribution in [2.75, 3.05) is 45.6 Å². The van der Waals surface area contributed by atoms with Crippen molar-refractivity contribution in [3.8, 4) is 5.75 Å². The monoisotopic (exact) mass is 721 g/mol. The number of nitrogens with zero attached hydrogens (tertiary/aromatic N) is 1. The molecule has 3 unspecified atom stereocenters. The molecule has 0 bridgehead atoms. The largest absolute Gasteiger partial charge is 0.489 e. The summed E-state index contributed by atoms with van der Waals surface area (Å²) in [7, 11) is -1.39. The molecule has 0 fully saturated rings. The molecule has 6 nitrogen and oxygen atoms in total. The van der Waals surface area contributed by atoms with Crippen LogP contribution >= 0.6 is 0 Å². The van der Waals surface area contributed by atoms with Crippen molar-refractivity contribution in [3.05, 3.63) is 82.5 Å². The van der Waals surface area contributed by atoms with Gasteiger partial charge in [0.05, 0.1) is 29.8 Å². The zero-order valence-corrected chi connectivity index (χ0v) is 33.6. The Morgan fingerprint density at radius 2 is 1.61 bits per heavy atom. The van der Waals surface area contributed by atoms with Gasteiger partial charge in [0.15, 0.2) is 9.84 Å². The third-order valence-electron chi connectivity index (χ3n) is 11.6. The Morgan fingerprint density at radius 3 is 2.24 bits per heavy atom. The van der Waals surface area contributed by atoms with Gasteiger partial charge in [-0.15, -0.1) is 0 Å². The van der Waals surface area contributed by atoms with Crippen molar-refractivity contribution in [3.63, 3.8) is 0 Å². The second kappa shape index (κ2) is 20.1. The van der Waals surface area contributed by atoms with E-state index in [1.165, 1.54) is 37.9 Å². The number of aliphatic hydroxyl groups is 1. The molecule has 2 aromatic carbocycles. The van der Waals surface area contributed by atoms with Crippen molar-refractivity contribution in [1.82, 2.24) is 4.90 Å². The standard InChI is InChI=1S/C44H68N2O4S/c1-7-11-26-44(27-12-8-2)33-51(48,49)41-25-22-38(34(5)9-3)31-40(41)42(43(44)47)37-20-23-39(24-21-37)50-32-36-18-16-35(17-19-36)15-13-14-29-46(6)30-28-45-10-4/h16,18,20-25,31,34,42-43,45,47H,7-15,17,19,26-30,32-33H2,1-6H3/p+1. The lowest BCUT2D eigenvalue weighted by Crippen LogP contribution is -2.85. The Balaban J connectivity index is 1.50. The molecular formula is C44H69N2O4S+. The maximum Gasteiger partial charge on any atom is 0.179 e. The maximum absolute atomic E-state index is 14.2. The highest BCUT2D eigenvalue weighted by Crippen LogP contribution is 2.50. The zero-order chi connectivity index (χ0) is 36.9. The number of nitrogens with two attached hydrogens (primary N) is 1. The van der Waals surface area contributed by atoms with Crippen molar-refractivity contribution < 1.29 is 23.6 Å². The number of hydrogen-bond acceptors (Lipinski definition) is 5. The molecule has 0 aromatic heterocycles. The minimum Gasteiger partial charge on any atom is -0.489 e. The van der Waals surface area contributed by atoms with Gasteiger partial charge in [-0.3, -0.25) is 0 Å². The van der Waals surface area contributed by atoms with E-state index in [-0.39, 0.29) is 5.75 Å². The van der Waals surface area contributed by atoms with Crippen molar-refractivity contribution in [2.45, 2.75) is 135 Å². The van der Waals surface area contributed by atoms with Crippen LogP contribution in [0, 0.1) is 5.41 Å². The zero-order valence-electron chi connectivity index (χ0n) is 32.8. The number of likely N-dealkylation sites (N-methyl/N-ethyl adjacent to an activating group) is 2. The van der Waals surface area contributed by atoms with Crippen LogP contribution in [0.15, 0.2) is 70.7 Å². The molecule has 0 saturated carbocycles. The van der Waals surface area contributed by atoms with Gasteiger partial charge in [-0.1, -0.05) is 95.4 Å². The third-order valence-corrected chi connectivity index (χ3v) is 13.6. The summed E-state index contributed by atoms with van der Waals surface area (Å²) in [5, 5.41) is 14.9. The van der Waals surface area contributed by atoms with Gasteiger partial charge in [0, 0.05) is 17.9 Å². The normalized spacial score (nSPS) is 20.3. The Labute approximate surface area is 311 Å². The summed E-state index contributed by atoms with van der Waals surface area (Å²) in [4.78, 5) is 2.84. The van der Waals surface area contributed by atoms with Crippen LogP contribution in [0.3, 0.4) is 0 Å². The molecule has 0 saturated heterocycles. The number of hydrogen-bond donors (Lipinski definition) is 2. The van der Waals surface area contributed by atoms with E-state index in [0.717, 1.165) is 80.5 Å². The van der Waals surface area contributed by atoms with Gasteiger partial charge >= 0.3 is 0 Å². The van der Waals surface area contributed by atoms with Gasteiger partial charge in [0.25, 0.3) is 0 Å². The van der Waals surface area contributed by atoms with Gasteiger partial charge in [0.2, 0.25) is 0 Å². The van der Waals surface area contributed by atoms with Crippen LogP contribution in [0.1, 0.15) is 140 Å². The van der Waals surface area contributed by atoms with E-state index in [0.29, 0.717) is 30.3 Å². The lowest BCUT2D eigenvalue weighted by molar-refractivity contribution is -0.651. The number of benzene rings is 2. The maximum atomic E-state index is 14.2. The summed E-state index contributed by atoms with van der Waals surface area (Å²) < 4.78 is 34.7. The number of sulfone groups is 1. The minimum atomic E-state index is -3.62. The topological polar surface area (TPSA) is 83.5 Å². The summed E-state index contributed by atoms with van der Waals surface area (Å²) in [5.41, 5.74) is 4.96. The van der Waals surface area contributed by atoms with E-state index in [1.807, 2.05) is 24.3 Å². The SMILES string of the molecule is CCCCC1(CCCC)CS(=O)(=O)c2ccc(C(C)CC)cc2C(c2ccc(OCC3=CC=C(CCCCN(C)CC[NH2+]CC)CC3)cc2)C1O. The Bertz CT molecular complexity index is 1520. The fourth-order valence-electron chi connectivity index (χ4n) is 8.05. The Kier molecular flexibility index (Phi) is 16.3. The lowest BCUT2D eigenvalue weighted by atomic mass is 9.68. The number of aliphatic hydroxyl groups excluding tert-OH is 1. The summed E-state index contributed by atoms with van der Waals surface area (Å²) >= 11 is 0. The Hall–Kier alpha value is -2.45. The quantitative estimate of drug-likeness (QED) is 0.126. The predicted molar refractivity (Wildman–Crippen MR) is 213 cm³/mol. The first-order valence-corrected chi connectivity index (χ1v) is 21.9. The number of rotatable bonds is 21. The van der Waals surface area contributed by atoms with E-state index in [9.17, 15) is 13.5 Å². The third kappa shape index (κ3) is 11.3. The number of ether oxygens (including phenoxy) is 1. The average Bonchev–Trinajstić information content (AvgIpc) is 3.21. The molecule has 2 aliphatic rings. The van der Waals surface area contributed by atoms with Gasteiger partial charge < -0.3 is 20.1 Å². The fraction of sp³-hybridized carbons (Fsp3) is 0.636. The van der Waals surface area contributed by atoms with E-state index < -0.39 is 27.3 Å². The number of quaternary nitrogens is 1. The number of fused-ring (bicyclic) bond motifs is 1. The van der Waals surface area contributed by atoms with Crippen LogP contribution in [-0.4, -0.2) is 70.1 Å². The highest BCUT2D eigenvalue weighted by molar-refractivity contribution is 7.91. The Morgan fingerprint density at radius 1 is 0.922 bits per heavy atom. The van der Waals surface area contributed by atoms with Crippen LogP contribution in [-0.2, 0) is 9.84 Å². The summed E-state index contributed by atoms with van der Waals surface area (Å²) in [6.07, 6.45) is 15.6. The highest BCUT2D eigenvalue weighted by atomic mass is 32.2. The molecule has 51 heavy (non-hydrogen) atoms. The molecule has 7 heteroatoms. The predicted octanol–water partition coefficient (Wildman–Crippen LogP) is 8.56. The van der Waals surface area contributed by atoms with Crippen LogP contribution in [0.25, 0.3) is 0 Å². The van der Waals surface area contributed by atoms with Gasteiger partial charge in [-0.2, -0.15) is 0 Å². The molecule has 1 aliphatic carbocycles. The van der Waals surface area contributed by atoms with Crippen molar-refractivity contribution >= 4 is 9.84 Å². The number of unbranched alkanes of at least 4 members (excludes halogenated alkanes) is 3. The summed E-state index contributed by atoms with van der Waals surface area (Å²) in [6.45, 7) is 16.1. The molecule has 4 rings (SSSR count). The van der Waals surface area contributed by atoms with E-state index in [1.54, 1.807) is 5.57 Å². The fourth-order valence-corrected chi connectivity index (χ4v) is 10.2. The molecule has 1 aliphatic heterocycles. The molecule has 284 valence electrons. The van der Waals surface area contributed by atoms with Crippen LogP contribution in [0.5, 0.6) is 5.75 Å². The number of allylic oxidation sites excluding steroid dienone is 3. The van der Waals surface area contributed by atoms with Gasteiger partial charge in [-0.05, 0) is 118 Å². The smallest absolute Gasteiger partial charge is 0.179 e. The van der Waals surface area contributed by atoms with Crippen molar-refractivity contribution in [2.24, 2.45) is 5.41 Å². The molecule has 2 aromatic rings. The second-order valence-corrected chi connectivity index (χ2v) is 17.6. The molecule has 0 radical (unpaired) electrons. The van der Waals surface area contributed by atoms with E-state index >= 15 is 0 Å². The average molecular weight is 722 g/mol. The summed E-state index contributed by atoms with van der Waals surface area (Å²) in [5.74, 6) is 0.650. The first-order valence-electron chi connectivity index (χ1n) is 20.2. The second-order valence-electron chi connectivity index (χ2n) is 15.6. The van der Waals surface area contributed by atoms with Gasteiger partial charge in [-0.25, -0.2) is 8.42 Å². The molecular weight excluding hydrogens is 653 g/mol. The van der Waals surface area contributed by atoms with Gasteiger partial charge in [0.1, 0.15) is 12.4 Å². The minimum absolute atomic E-state index is 0.00472. The first-order chi connectivity index (χ1) is 24.6. The first kappa shape index (κ1) is 41.3. The van der Waals surface area contributed by atoms with Crippen LogP contribution in [0.4, 0.5) is 0 Å². The van der Waals surface area contributed by atoms with E-state index in [2.05, 4.69) is 82.2 Å². The molecule has 3 N–H and O–H groups in total. The lowest BCUT2D eigenvalue weighted by Gasteiger charge is -2.40. The van der Waals surface area contributed by atoms with E-state index in [4.69, 9.17) is 4.74 Å². The van der Waals surface area contributed by atoms with Crippen LogP contribution < -0.4 is 10.1 Å². The molecule has 1 heterocycles.